The van der Waals surface area contributed by atoms with E-state index in [1.165, 1.54) is 0 Å². The summed E-state index contributed by atoms with van der Waals surface area (Å²) in [6.07, 6.45) is 0.666. The first-order valence-electron chi connectivity index (χ1n) is 5.12. The number of hydrogen-bond donors (Lipinski definition) is 3. The SMILES string of the molecule is O=C1CCC(NC(=O)C2CSCN2)C(=O)N1. The second kappa shape index (κ2) is 4.84. The zero-order valence-electron chi connectivity index (χ0n) is 8.62. The first-order valence-corrected chi connectivity index (χ1v) is 6.27. The van der Waals surface area contributed by atoms with Crippen LogP contribution in [0.2, 0.25) is 0 Å². The Kier molecular flexibility index (Phi) is 3.45. The molecule has 0 aromatic carbocycles. The molecule has 2 saturated heterocycles. The molecule has 0 aliphatic carbocycles. The number of carbonyl (C=O) groups excluding carboxylic acids is 3. The van der Waals surface area contributed by atoms with Gasteiger partial charge in [0.05, 0.1) is 6.04 Å². The molecular weight excluding hydrogens is 230 g/mol. The van der Waals surface area contributed by atoms with Crippen molar-refractivity contribution in [1.82, 2.24) is 16.0 Å². The van der Waals surface area contributed by atoms with Gasteiger partial charge in [-0.2, -0.15) is 0 Å². The normalized spacial score (nSPS) is 30.0. The molecule has 2 rings (SSSR count). The zero-order chi connectivity index (χ0) is 11.5. The third-order valence-electron chi connectivity index (χ3n) is 2.59. The van der Waals surface area contributed by atoms with Crippen LogP contribution in [0, 0.1) is 0 Å². The van der Waals surface area contributed by atoms with E-state index in [4.69, 9.17) is 0 Å². The van der Waals surface area contributed by atoms with E-state index in [2.05, 4.69) is 16.0 Å². The Bertz CT molecular complexity index is 328. The Morgan fingerprint density at radius 2 is 2.25 bits per heavy atom. The predicted molar refractivity (Wildman–Crippen MR) is 58.6 cm³/mol. The quantitative estimate of drug-likeness (QED) is 0.518. The highest BCUT2D eigenvalue weighted by Gasteiger charge is 2.31. The summed E-state index contributed by atoms with van der Waals surface area (Å²) in [6, 6.07) is -0.798. The minimum atomic E-state index is -0.572. The molecule has 7 heteroatoms. The number of piperidine rings is 1. The van der Waals surface area contributed by atoms with Crippen LogP contribution < -0.4 is 16.0 Å². The Hall–Kier alpha value is -1.08. The van der Waals surface area contributed by atoms with Gasteiger partial charge in [-0.25, -0.2) is 0 Å². The smallest absolute Gasteiger partial charge is 0.249 e. The molecule has 0 spiro atoms. The number of carbonyl (C=O) groups is 3. The van der Waals surface area contributed by atoms with Gasteiger partial charge in [0.1, 0.15) is 6.04 Å². The highest BCUT2D eigenvalue weighted by molar-refractivity contribution is 7.99. The molecule has 0 saturated carbocycles. The summed E-state index contributed by atoms with van der Waals surface area (Å²) in [5.74, 6) is 0.631. The summed E-state index contributed by atoms with van der Waals surface area (Å²) in [4.78, 5) is 34.0. The average Bonchev–Trinajstić information content (AvgIpc) is 2.75. The summed E-state index contributed by atoms with van der Waals surface area (Å²) < 4.78 is 0. The maximum Gasteiger partial charge on any atom is 0.249 e. The lowest BCUT2D eigenvalue weighted by molar-refractivity contribution is -0.137. The van der Waals surface area contributed by atoms with Gasteiger partial charge in [-0.05, 0) is 6.42 Å². The van der Waals surface area contributed by atoms with Crippen LogP contribution in [0.5, 0.6) is 0 Å². The molecule has 2 aliphatic rings. The van der Waals surface area contributed by atoms with E-state index < -0.39 is 11.9 Å². The Morgan fingerprint density at radius 3 is 2.88 bits per heavy atom. The average molecular weight is 243 g/mol. The molecule has 2 heterocycles. The van der Waals surface area contributed by atoms with Gasteiger partial charge in [-0.3, -0.25) is 25.0 Å². The van der Waals surface area contributed by atoms with E-state index in [9.17, 15) is 14.4 Å². The third-order valence-corrected chi connectivity index (χ3v) is 3.53. The van der Waals surface area contributed by atoms with Crippen molar-refractivity contribution in [2.45, 2.75) is 24.9 Å². The van der Waals surface area contributed by atoms with Crippen LogP contribution in [0.4, 0.5) is 0 Å². The lowest BCUT2D eigenvalue weighted by Crippen LogP contribution is -2.55. The zero-order valence-corrected chi connectivity index (χ0v) is 9.43. The van der Waals surface area contributed by atoms with Crippen molar-refractivity contribution in [3.05, 3.63) is 0 Å². The Morgan fingerprint density at radius 1 is 1.44 bits per heavy atom. The molecule has 2 atom stereocenters. The molecule has 2 fully saturated rings. The molecule has 3 amide bonds. The van der Waals surface area contributed by atoms with E-state index >= 15 is 0 Å². The van der Waals surface area contributed by atoms with Crippen LogP contribution in [0.1, 0.15) is 12.8 Å². The van der Waals surface area contributed by atoms with E-state index in [0.29, 0.717) is 6.42 Å². The Balaban J connectivity index is 1.86. The van der Waals surface area contributed by atoms with Gasteiger partial charge < -0.3 is 5.32 Å². The van der Waals surface area contributed by atoms with E-state index in [1.807, 2.05) is 0 Å². The van der Waals surface area contributed by atoms with Gasteiger partial charge in [0.25, 0.3) is 0 Å². The van der Waals surface area contributed by atoms with Crippen LogP contribution in [-0.2, 0) is 14.4 Å². The lowest BCUT2D eigenvalue weighted by Gasteiger charge is -2.23. The van der Waals surface area contributed by atoms with Crippen molar-refractivity contribution in [3.63, 3.8) is 0 Å². The van der Waals surface area contributed by atoms with Crippen molar-refractivity contribution in [2.24, 2.45) is 0 Å². The maximum atomic E-state index is 11.7. The fourth-order valence-electron chi connectivity index (χ4n) is 1.67. The second-order valence-corrected chi connectivity index (χ2v) is 4.81. The minimum Gasteiger partial charge on any atom is -0.343 e. The maximum absolute atomic E-state index is 11.7. The summed E-state index contributed by atoms with van der Waals surface area (Å²) in [6.45, 7) is 0. The monoisotopic (exact) mass is 243 g/mol. The molecular formula is C9H13N3O3S. The second-order valence-electron chi connectivity index (χ2n) is 3.78. The van der Waals surface area contributed by atoms with Crippen molar-refractivity contribution >= 4 is 29.5 Å². The first kappa shape index (κ1) is 11.4. The predicted octanol–water partition coefficient (Wildman–Crippen LogP) is -1.43. The molecule has 2 aliphatic heterocycles. The molecule has 88 valence electrons. The molecule has 0 aromatic rings. The highest BCUT2D eigenvalue weighted by atomic mass is 32.2. The fourth-order valence-corrected chi connectivity index (χ4v) is 2.61. The Labute approximate surface area is 96.9 Å². The van der Waals surface area contributed by atoms with Crippen molar-refractivity contribution in [1.29, 1.82) is 0 Å². The van der Waals surface area contributed by atoms with Crippen LogP contribution in [0.3, 0.4) is 0 Å². The number of hydrogen-bond acceptors (Lipinski definition) is 5. The largest absolute Gasteiger partial charge is 0.343 e. The van der Waals surface area contributed by atoms with E-state index in [-0.39, 0.29) is 24.3 Å². The summed E-state index contributed by atoms with van der Waals surface area (Å²) >= 11 is 1.65. The fraction of sp³-hybridized carbons (Fsp3) is 0.667. The molecule has 3 N–H and O–H groups in total. The van der Waals surface area contributed by atoms with Crippen LogP contribution in [0.15, 0.2) is 0 Å². The molecule has 6 nitrogen and oxygen atoms in total. The number of thioether (sulfide) groups is 1. The summed E-state index contributed by atoms with van der Waals surface area (Å²) in [5.41, 5.74) is 0. The van der Waals surface area contributed by atoms with Gasteiger partial charge >= 0.3 is 0 Å². The van der Waals surface area contributed by atoms with Crippen LogP contribution >= 0.6 is 11.8 Å². The van der Waals surface area contributed by atoms with Crippen molar-refractivity contribution < 1.29 is 14.4 Å². The first-order chi connectivity index (χ1) is 7.66. The number of imide groups is 1. The summed E-state index contributed by atoms with van der Waals surface area (Å²) in [7, 11) is 0. The summed E-state index contributed by atoms with van der Waals surface area (Å²) in [5, 5.41) is 7.88. The van der Waals surface area contributed by atoms with E-state index in [1.54, 1.807) is 11.8 Å². The molecule has 0 aromatic heterocycles. The van der Waals surface area contributed by atoms with Gasteiger partial charge in [0, 0.05) is 18.1 Å². The third kappa shape index (κ3) is 2.53. The molecule has 2 unspecified atom stereocenters. The topological polar surface area (TPSA) is 87.3 Å². The molecule has 0 radical (unpaired) electrons. The van der Waals surface area contributed by atoms with Gasteiger partial charge in [0.15, 0.2) is 0 Å². The minimum absolute atomic E-state index is 0.167. The number of rotatable bonds is 2. The highest BCUT2D eigenvalue weighted by Crippen LogP contribution is 2.11. The lowest BCUT2D eigenvalue weighted by atomic mass is 10.1. The molecule has 0 bridgehead atoms. The van der Waals surface area contributed by atoms with E-state index in [0.717, 1.165) is 11.6 Å². The van der Waals surface area contributed by atoms with Crippen LogP contribution in [0.25, 0.3) is 0 Å². The van der Waals surface area contributed by atoms with Crippen molar-refractivity contribution in [3.8, 4) is 0 Å². The number of amides is 3. The van der Waals surface area contributed by atoms with Gasteiger partial charge in [-0.15, -0.1) is 11.8 Å². The van der Waals surface area contributed by atoms with Crippen molar-refractivity contribution in [2.75, 3.05) is 11.6 Å². The standard InChI is InChI=1S/C9H13N3O3S/c13-7-2-1-5(8(14)12-7)11-9(15)6-3-16-4-10-6/h5-6,10H,1-4H2,(H,11,15)(H,12,13,14). The van der Waals surface area contributed by atoms with Gasteiger partial charge in [0.2, 0.25) is 17.7 Å². The van der Waals surface area contributed by atoms with Gasteiger partial charge in [-0.1, -0.05) is 0 Å². The number of nitrogens with one attached hydrogen (secondary N) is 3. The van der Waals surface area contributed by atoms with Crippen LogP contribution in [-0.4, -0.2) is 41.4 Å². The molecule has 16 heavy (non-hydrogen) atoms.